The molecule has 124 valence electrons. The zero-order valence-corrected chi connectivity index (χ0v) is 15.4. The summed E-state index contributed by atoms with van der Waals surface area (Å²) in [5, 5.41) is 4.28. The van der Waals surface area contributed by atoms with E-state index in [1.54, 1.807) is 24.3 Å². The maximum absolute atomic E-state index is 12.2. The Hall–Kier alpha value is -1.83. The van der Waals surface area contributed by atoms with E-state index in [4.69, 9.17) is 11.6 Å². The van der Waals surface area contributed by atoms with Crippen molar-refractivity contribution in [3.63, 3.8) is 0 Å². The molecule has 2 aromatic heterocycles. The molecule has 3 aromatic rings. The van der Waals surface area contributed by atoms with E-state index in [2.05, 4.69) is 15.3 Å². The Labute approximate surface area is 151 Å². The average molecular weight is 380 g/mol. The number of halogens is 1. The Morgan fingerprint density at radius 1 is 1.38 bits per heavy atom. The lowest BCUT2D eigenvalue weighted by Gasteiger charge is -2.06. The Morgan fingerprint density at radius 3 is 2.88 bits per heavy atom. The van der Waals surface area contributed by atoms with Crippen molar-refractivity contribution in [2.75, 3.05) is 11.1 Å². The average Bonchev–Trinajstić information content (AvgIpc) is 2.82. The van der Waals surface area contributed by atoms with Gasteiger partial charge in [-0.2, -0.15) is 0 Å². The number of carbonyl (C=O) groups is 1. The maximum Gasteiger partial charge on any atom is 0.260 e. The van der Waals surface area contributed by atoms with Gasteiger partial charge in [-0.25, -0.2) is 4.98 Å². The number of carbonyl (C=O) groups excluding carboxylic acids is 1. The number of H-pyrrole nitrogens is 1. The molecular formula is C16H14ClN3O2S2. The fourth-order valence-corrected chi connectivity index (χ4v) is 4.12. The topological polar surface area (TPSA) is 74.8 Å². The van der Waals surface area contributed by atoms with Gasteiger partial charge in [0.15, 0.2) is 5.16 Å². The van der Waals surface area contributed by atoms with Gasteiger partial charge in [-0.05, 0) is 31.5 Å². The number of aromatic amines is 1. The van der Waals surface area contributed by atoms with Crippen LogP contribution in [0.4, 0.5) is 5.69 Å². The predicted molar refractivity (Wildman–Crippen MR) is 101 cm³/mol. The van der Waals surface area contributed by atoms with Gasteiger partial charge in [0.05, 0.1) is 21.8 Å². The van der Waals surface area contributed by atoms with Crippen LogP contribution in [-0.4, -0.2) is 21.6 Å². The molecule has 1 amide bonds. The number of hydrogen-bond donors (Lipinski definition) is 2. The molecule has 0 unspecified atom stereocenters. The van der Waals surface area contributed by atoms with Crippen molar-refractivity contribution < 1.29 is 4.79 Å². The summed E-state index contributed by atoms with van der Waals surface area (Å²) < 4.78 is 0. The molecule has 24 heavy (non-hydrogen) atoms. The molecule has 0 atom stereocenters. The number of benzene rings is 1. The first-order valence-corrected chi connectivity index (χ1v) is 9.31. The van der Waals surface area contributed by atoms with E-state index in [-0.39, 0.29) is 17.2 Å². The Bertz CT molecular complexity index is 981. The lowest BCUT2D eigenvalue weighted by molar-refractivity contribution is -0.113. The molecule has 1 aromatic carbocycles. The van der Waals surface area contributed by atoms with E-state index < -0.39 is 0 Å². The lowest BCUT2D eigenvalue weighted by Crippen LogP contribution is -2.15. The van der Waals surface area contributed by atoms with Gasteiger partial charge in [-0.15, -0.1) is 11.3 Å². The molecule has 0 saturated heterocycles. The van der Waals surface area contributed by atoms with Gasteiger partial charge in [-0.3, -0.25) is 9.59 Å². The number of rotatable bonds is 4. The van der Waals surface area contributed by atoms with E-state index in [1.807, 2.05) is 13.8 Å². The number of hydrogen-bond acceptors (Lipinski definition) is 5. The summed E-state index contributed by atoms with van der Waals surface area (Å²) >= 11 is 8.67. The molecule has 3 rings (SSSR count). The van der Waals surface area contributed by atoms with Crippen molar-refractivity contribution in [2.24, 2.45) is 0 Å². The number of para-hydroxylation sites is 1. The minimum absolute atomic E-state index is 0.128. The van der Waals surface area contributed by atoms with Crippen molar-refractivity contribution in [3.05, 3.63) is 50.1 Å². The standard InChI is InChI=1S/C16H14ClN3O2S2/c1-8-9(2)24-15-13(8)14(22)19-16(20-15)23-7-12(21)18-11-6-4-3-5-10(11)17/h3-6H,7H2,1-2H3,(H,18,21)(H,19,20,22). The highest BCUT2D eigenvalue weighted by Gasteiger charge is 2.13. The second-order valence-electron chi connectivity index (χ2n) is 5.15. The summed E-state index contributed by atoms with van der Waals surface area (Å²) in [6, 6.07) is 7.03. The van der Waals surface area contributed by atoms with Gasteiger partial charge >= 0.3 is 0 Å². The first kappa shape index (κ1) is 17.0. The fraction of sp³-hybridized carbons (Fsp3) is 0.188. The van der Waals surface area contributed by atoms with Crippen LogP contribution in [-0.2, 0) is 4.79 Å². The SMILES string of the molecule is Cc1sc2nc(SCC(=O)Nc3ccccc3Cl)[nH]c(=O)c2c1C. The Kier molecular flexibility index (Phi) is 4.93. The van der Waals surface area contributed by atoms with Crippen LogP contribution >= 0.6 is 34.7 Å². The number of thiophene rings is 1. The number of amides is 1. The maximum atomic E-state index is 12.2. The largest absolute Gasteiger partial charge is 0.324 e. The van der Waals surface area contributed by atoms with Crippen LogP contribution in [0, 0.1) is 13.8 Å². The monoisotopic (exact) mass is 379 g/mol. The minimum atomic E-state index is -0.214. The molecule has 2 heterocycles. The highest BCUT2D eigenvalue weighted by atomic mass is 35.5. The van der Waals surface area contributed by atoms with E-state index in [1.165, 1.54) is 23.1 Å². The normalized spacial score (nSPS) is 11.0. The summed E-state index contributed by atoms with van der Waals surface area (Å²) in [6.45, 7) is 3.87. The highest BCUT2D eigenvalue weighted by molar-refractivity contribution is 7.99. The van der Waals surface area contributed by atoms with E-state index in [0.29, 0.717) is 26.1 Å². The molecule has 0 spiro atoms. The second-order valence-corrected chi connectivity index (χ2v) is 7.73. The van der Waals surface area contributed by atoms with E-state index in [0.717, 1.165) is 10.4 Å². The third-order valence-corrected chi connectivity index (χ3v) is 5.81. The molecule has 0 aliphatic carbocycles. The minimum Gasteiger partial charge on any atom is -0.324 e. The van der Waals surface area contributed by atoms with Crippen molar-refractivity contribution in [1.82, 2.24) is 9.97 Å². The number of nitrogens with zero attached hydrogens (tertiary/aromatic N) is 1. The number of aromatic nitrogens is 2. The molecule has 0 bridgehead atoms. The number of fused-ring (bicyclic) bond motifs is 1. The molecule has 5 nitrogen and oxygen atoms in total. The second kappa shape index (κ2) is 6.96. The molecule has 0 aliphatic rings. The fourth-order valence-electron chi connectivity index (χ4n) is 2.19. The summed E-state index contributed by atoms with van der Waals surface area (Å²) in [5.41, 5.74) is 1.35. The Balaban J connectivity index is 1.73. The van der Waals surface area contributed by atoms with Gasteiger partial charge in [0.1, 0.15) is 4.83 Å². The number of aryl methyl sites for hydroxylation is 2. The van der Waals surface area contributed by atoms with Crippen LogP contribution in [0.25, 0.3) is 10.2 Å². The third kappa shape index (κ3) is 3.48. The summed E-state index contributed by atoms with van der Waals surface area (Å²) in [6.07, 6.45) is 0. The van der Waals surface area contributed by atoms with Crippen LogP contribution < -0.4 is 10.9 Å². The van der Waals surface area contributed by atoms with Crippen molar-refractivity contribution in [3.8, 4) is 0 Å². The molecule has 0 radical (unpaired) electrons. The molecule has 0 saturated carbocycles. The van der Waals surface area contributed by atoms with Gasteiger partial charge in [0.25, 0.3) is 5.56 Å². The highest BCUT2D eigenvalue weighted by Crippen LogP contribution is 2.27. The van der Waals surface area contributed by atoms with Gasteiger partial charge in [-0.1, -0.05) is 35.5 Å². The lowest BCUT2D eigenvalue weighted by atomic mass is 10.2. The van der Waals surface area contributed by atoms with Crippen molar-refractivity contribution in [2.45, 2.75) is 19.0 Å². The van der Waals surface area contributed by atoms with Gasteiger partial charge < -0.3 is 10.3 Å². The van der Waals surface area contributed by atoms with Crippen LogP contribution in [0.3, 0.4) is 0 Å². The third-order valence-electron chi connectivity index (χ3n) is 3.51. The summed E-state index contributed by atoms with van der Waals surface area (Å²) in [7, 11) is 0. The smallest absolute Gasteiger partial charge is 0.260 e. The molecular weight excluding hydrogens is 366 g/mol. The zero-order valence-electron chi connectivity index (χ0n) is 13.0. The first-order chi connectivity index (χ1) is 11.5. The molecule has 2 N–H and O–H groups in total. The van der Waals surface area contributed by atoms with Crippen LogP contribution in [0.1, 0.15) is 10.4 Å². The van der Waals surface area contributed by atoms with Crippen molar-refractivity contribution in [1.29, 1.82) is 0 Å². The molecule has 8 heteroatoms. The van der Waals surface area contributed by atoms with Crippen LogP contribution in [0.15, 0.2) is 34.2 Å². The molecule has 0 aliphatic heterocycles. The number of anilines is 1. The predicted octanol–water partition coefficient (Wildman–Crippen LogP) is 3.99. The summed E-state index contributed by atoms with van der Waals surface area (Å²) in [4.78, 5) is 33.2. The van der Waals surface area contributed by atoms with Crippen molar-refractivity contribution >= 4 is 56.5 Å². The zero-order chi connectivity index (χ0) is 17.3. The summed E-state index contributed by atoms with van der Waals surface area (Å²) in [5.74, 6) is -0.0855. The number of thioether (sulfide) groups is 1. The quantitative estimate of drug-likeness (QED) is 0.531. The van der Waals surface area contributed by atoms with Crippen LogP contribution in [0.5, 0.6) is 0 Å². The van der Waals surface area contributed by atoms with E-state index in [9.17, 15) is 9.59 Å². The van der Waals surface area contributed by atoms with E-state index >= 15 is 0 Å². The number of nitrogens with one attached hydrogen (secondary N) is 2. The first-order valence-electron chi connectivity index (χ1n) is 7.13. The van der Waals surface area contributed by atoms with Crippen LogP contribution in [0.2, 0.25) is 5.02 Å². The Morgan fingerprint density at radius 2 is 2.12 bits per heavy atom. The van der Waals surface area contributed by atoms with Gasteiger partial charge in [0.2, 0.25) is 5.91 Å². The van der Waals surface area contributed by atoms with Gasteiger partial charge in [0, 0.05) is 4.88 Å². The molecule has 0 fully saturated rings.